The van der Waals surface area contributed by atoms with Crippen LogP contribution in [0.1, 0.15) is 33.1 Å². The number of ketones is 1. The lowest BCUT2D eigenvalue weighted by atomic mass is 9.86. The molecule has 0 aromatic heterocycles. The molecule has 0 bridgehead atoms. The number of rotatable bonds is 6. The highest BCUT2D eigenvalue weighted by molar-refractivity contribution is 5.78. The maximum Gasteiger partial charge on any atom is 0.133 e. The maximum atomic E-state index is 11.4. The zero-order valence-corrected chi connectivity index (χ0v) is 13.7. The van der Waals surface area contributed by atoms with Gasteiger partial charge in [0.15, 0.2) is 0 Å². The van der Waals surface area contributed by atoms with Gasteiger partial charge in [-0.15, -0.1) is 0 Å². The lowest BCUT2D eigenvalue weighted by Crippen LogP contribution is -2.37. The summed E-state index contributed by atoms with van der Waals surface area (Å²) in [6.07, 6.45) is 10.2. The molecule has 2 rings (SSSR count). The number of nitrogens with zero attached hydrogens (tertiary/aromatic N) is 1. The molecule has 3 nitrogen and oxygen atoms in total. The van der Waals surface area contributed by atoms with Gasteiger partial charge < -0.3 is 4.74 Å². The molecule has 1 heterocycles. The van der Waals surface area contributed by atoms with Gasteiger partial charge in [0, 0.05) is 26.2 Å². The normalized spacial score (nSPS) is 25.7. The molecule has 1 unspecified atom stereocenters. The summed E-state index contributed by atoms with van der Waals surface area (Å²) < 4.78 is 5.24. The van der Waals surface area contributed by atoms with Gasteiger partial charge in [0.2, 0.25) is 0 Å². The van der Waals surface area contributed by atoms with Gasteiger partial charge in [-0.3, -0.25) is 9.69 Å². The van der Waals surface area contributed by atoms with Gasteiger partial charge in [-0.1, -0.05) is 25.2 Å². The second kappa shape index (κ2) is 7.90. The van der Waals surface area contributed by atoms with E-state index in [1.165, 1.54) is 5.57 Å². The monoisotopic (exact) mass is 291 g/mol. The second-order valence-electron chi connectivity index (χ2n) is 6.63. The van der Waals surface area contributed by atoms with Crippen molar-refractivity contribution in [3.05, 3.63) is 23.8 Å². The summed E-state index contributed by atoms with van der Waals surface area (Å²) in [5.41, 5.74) is 1.43. The fraction of sp³-hybridized carbons (Fsp3) is 0.722. The topological polar surface area (TPSA) is 29.5 Å². The number of allylic oxidation sites excluding steroid dienone is 2. The van der Waals surface area contributed by atoms with Gasteiger partial charge in [0.1, 0.15) is 5.78 Å². The average Bonchev–Trinajstić information content (AvgIpc) is 2.49. The molecule has 1 fully saturated rings. The molecule has 0 radical (unpaired) electrons. The first-order valence-electron chi connectivity index (χ1n) is 8.19. The van der Waals surface area contributed by atoms with Crippen LogP contribution in [0.4, 0.5) is 0 Å². The molecular weight excluding hydrogens is 262 g/mol. The van der Waals surface area contributed by atoms with E-state index in [1.54, 1.807) is 14.0 Å². The molecule has 0 saturated carbocycles. The molecule has 0 spiro atoms. The highest BCUT2D eigenvalue weighted by Crippen LogP contribution is 2.25. The van der Waals surface area contributed by atoms with Crippen molar-refractivity contribution in [2.75, 3.05) is 33.4 Å². The van der Waals surface area contributed by atoms with E-state index < -0.39 is 0 Å². The lowest BCUT2D eigenvalue weighted by Gasteiger charge is -2.32. The van der Waals surface area contributed by atoms with Crippen molar-refractivity contribution >= 4 is 5.78 Å². The molecule has 1 aliphatic heterocycles. The molecule has 0 aromatic carbocycles. The molecule has 0 N–H and O–H groups in total. The minimum atomic E-state index is 0.302. The Morgan fingerprint density at radius 3 is 2.67 bits per heavy atom. The third-order valence-corrected chi connectivity index (χ3v) is 4.94. The summed E-state index contributed by atoms with van der Waals surface area (Å²) in [6.45, 7) is 7.96. The van der Waals surface area contributed by atoms with Crippen LogP contribution >= 0.6 is 0 Å². The zero-order chi connectivity index (χ0) is 15.2. The third-order valence-electron chi connectivity index (χ3n) is 4.94. The Bertz CT molecular complexity index is 405. The van der Waals surface area contributed by atoms with Crippen LogP contribution in [0.15, 0.2) is 23.8 Å². The van der Waals surface area contributed by atoms with E-state index in [9.17, 15) is 4.79 Å². The summed E-state index contributed by atoms with van der Waals surface area (Å²) in [6, 6.07) is 0. The number of likely N-dealkylation sites (tertiary alicyclic amines) is 1. The van der Waals surface area contributed by atoms with Crippen molar-refractivity contribution in [3.8, 4) is 0 Å². The summed E-state index contributed by atoms with van der Waals surface area (Å²) in [4.78, 5) is 13.9. The highest BCUT2D eigenvalue weighted by Gasteiger charge is 2.23. The van der Waals surface area contributed by atoms with E-state index in [0.29, 0.717) is 23.5 Å². The molecular formula is C18H29NO2. The van der Waals surface area contributed by atoms with Gasteiger partial charge in [0.05, 0.1) is 0 Å². The van der Waals surface area contributed by atoms with E-state index in [2.05, 4.69) is 30.1 Å². The van der Waals surface area contributed by atoms with E-state index in [1.807, 2.05) is 0 Å². The van der Waals surface area contributed by atoms with Crippen LogP contribution in [0, 0.1) is 17.8 Å². The largest absolute Gasteiger partial charge is 0.384 e. The number of hydrogen-bond acceptors (Lipinski definition) is 3. The van der Waals surface area contributed by atoms with Gasteiger partial charge in [-0.05, 0) is 56.7 Å². The van der Waals surface area contributed by atoms with Crippen molar-refractivity contribution in [2.24, 2.45) is 17.8 Å². The smallest absolute Gasteiger partial charge is 0.133 e. The molecule has 21 heavy (non-hydrogen) atoms. The summed E-state index contributed by atoms with van der Waals surface area (Å²) in [5.74, 6) is 1.85. The van der Waals surface area contributed by atoms with E-state index >= 15 is 0 Å². The van der Waals surface area contributed by atoms with Crippen LogP contribution in [0.3, 0.4) is 0 Å². The second-order valence-corrected chi connectivity index (χ2v) is 6.63. The molecule has 0 amide bonds. The lowest BCUT2D eigenvalue weighted by molar-refractivity contribution is -0.122. The van der Waals surface area contributed by atoms with Crippen molar-refractivity contribution in [1.29, 1.82) is 0 Å². The first-order valence-corrected chi connectivity index (χ1v) is 8.19. The number of carbonyl (C=O) groups excluding carboxylic acids is 1. The Hall–Kier alpha value is -0.930. The van der Waals surface area contributed by atoms with Crippen LogP contribution < -0.4 is 0 Å². The third kappa shape index (κ3) is 4.79. The minimum Gasteiger partial charge on any atom is -0.384 e. The van der Waals surface area contributed by atoms with Crippen molar-refractivity contribution in [2.45, 2.75) is 33.1 Å². The predicted octanol–water partition coefficient (Wildman–Crippen LogP) is 3.07. The van der Waals surface area contributed by atoms with Crippen molar-refractivity contribution < 1.29 is 9.53 Å². The molecule has 3 heteroatoms. The van der Waals surface area contributed by atoms with Crippen molar-refractivity contribution in [3.63, 3.8) is 0 Å². The number of ether oxygens (including phenoxy) is 1. The Morgan fingerprint density at radius 1 is 1.43 bits per heavy atom. The van der Waals surface area contributed by atoms with Crippen LogP contribution in [-0.4, -0.2) is 44.0 Å². The summed E-state index contributed by atoms with van der Waals surface area (Å²) >= 11 is 0. The number of hydrogen-bond donors (Lipinski definition) is 0. The molecule has 2 atom stereocenters. The Balaban J connectivity index is 1.76. The van der Waals surface area contributed by atoms with Gasteiger partial charge in [-0.2, -0.15) is 0 Å². The van der Waals surface area contributed by atoms with Gasteiger partial charge in [0.25, 0.3) is 0 Å². The first kappa shape index (κ1) is 16.4. The quantitative estimate of drug-likeness (QED) is 0.753. The average molecular weight is 291 g/mol. The Kier molecular flexibility index (Phi) is 6.19. The number of carbonyl (C=O) groups is 1. The molecule has 1 aliphatic carbocycles. The Labute approximate surface area is 129 Å². The van der Waals surface area contributed by atoms with E-state index in [0.717, 1.165) is 45.5 Å². The van der Waals surface area contributed by atoms with Gasteiger partial charge in [-0.25, -0.2) is 0 Å². The molecule has 118 valence electrons. The number of piperidine rings is 1. The Morgan fingerprint density at radius 2 is 2.14 bits per heavy atom. The van der Waals surface area contributed by atoms with Gasteiger partial charge >= 0.3 is 0 Å². The summed E-state index contributed by atoms with van der Waals surface area (Å²) in [5, 5.41) is 0. The fourth-order valence-corrected chi connectivity index (χ4v) is 3.36. The number of methoxy groups -OCH3 is 1. The standard InChI is InChI=1S/C18H29NO2/c1-14(13-21-3)17-6-4-16(5-7-17)12-19-10-8-18(9-11-19)15(2)20/h4-6,14,17-18H,7-13H2,1-3H3/t14-,17?/m1/s1. The predicted molar refractivity (Wildman–Crippen MR) is 86.2 cm³/mol. The molecule has 0 aromatic rings. The zero-order valence-electron chi connectivity index (χ0n) is 13.7. The van der Waals surface area contributed by atoms with E-state index in [-0.39, 0.29) is 0 Å². The minimum absolute atomic E-state index is 0.302. The van der Waals surface area contributed by atoms with E-state index in [4.69, 9.17) is 4.74 Å². The van der Waals surface area contributed by atoms with Crippen molar-refractivity contribution in [1.82, 2.24) is 4.90 Å². The van der Waals surface area contributed by atoms with Crippen LogP contribution in [0.5, 0.6) is 0 Å². The van der Waals surface area contributed by atoms with Crippen LogP contribution in [0.25, 0.3) is 0 Å². The fourth-order valence-electron chi connectivity index (χ4n) is 3.36. The van der Waals surface area contributed by atoms with Crippen LogP contribution in [-0.2, 0) is 9.53 Å². The number of Topliss-reactive ketones (excluding diaryl/α,β-unsaturated/α-hetero) is 1. The SMILES string of the molecule is COC[C@@H](C)C1C=CC(CN2CCC(C(C)=O)CC2)=CC1. The summed E-state index contributed by atoms with van der Waals surface area (Å²) in [7, 11) is 1.77. The molecule has 1 saturated heterocycles. The van der Waals surface area contributed by atoms with Crippen LogP contribution in [0.2, 0.25) is 0 Å². The molecule has 2 aliphatic rings. The first-order chi connectivity index (χ1) is 10.1. The maximum absolute atomic E-state index is 11.4. The highest BCUT2D eigenvalue weighted by atomic mass is 16.5.